The molecule has 1 fully saturated rings. The normalized spacial score (nSPS) is 16.5. The Morgan fingerprint density at radius 2 is 2.10 bits per heavy atom. The lowest BCUT2D eigenvalue weighted by molar-refractivity contribution is -0.130. The van der Waals surface area contributed by atoms with Gasteiger partial charge < -0.3 is 14.8 Å². The number of carbonyl (C=O) groups excluding carboxylic acids is 2. The number of aryl methyl sites for hydroxylation is 2. The topological polar surface area (TPSA) is 106 Å². The molecule has 1 saturated heterocycles. The van der Waals surface area contributed by atoms with Gasteiger partial charge in [0.1, 0.15) is 17.2 Å². The van der Waals surface area contributed by atoms with E-state index >= 15 is 0 Å². The van der Waals surface area contributed by atoms with Crippen LogP contribution in [0.1, 0.15) is 23.6 Å². The number of nitrogens with one attached hydrogen (secondary N) is 1. The zero-order chi connectivity index (χ0) is 20.4. The number of carbonyl (C=O) groups is 2. The second-order valence-electron chi connectivity index (χ2n) is 7.42. The summed E-state index contributed by atoms with van der Waals surface area (Å²) < 4.78 is 6.69. The number of imidazole rings is 1. The van der Waals surface area contributed by atoms with Crippen molar-refractivity contribution in [2.24, 2.45) is 13.0 Å². The van der Waals surface area contributed by atoms with E-state index in [1.54, 1.807) is 11.8 Å². The molecule has 1 atom stereocenters. The standard InChI is InChI=1S/C20H24N6O3/c1-13-16(24-29-23-13)11-19(27)26-10-8-14(12-26)20(28)21-9-7-18-22-15-5-3-4-6-17(15)25(18)2/h3-6,14H,7-12H2,1-2H3,(H,21,28). The molecule has 1 unspecified atom stereocenters. The maximum atomic E-state index is 12.5. The van der Waals surface area contributed by atoms with Crippen molar-refractivity contribution in [2.45, 2.75) is 26.2 Å². The molecule has 1 N–H and O–H groups in total. The summed E-state index contributed by atoms with van der Waals surface area (Å²) in [6.07, 6.45) is 1.47. The SMILES string of the molecule is Cc1nonc1CC(=O)N1CCC(C(=O)NCCc2nc3ccccc3n2C)C1. The first kappa shape index (κ1) is 19.1. The second kappa shape index (κ2) is 8.02. The Bertz CT molecular complexity index is 1040. The van der Waals surface area contributed by atoms with E-state index in [9.17, 15) is 9.59 Å². The molecule has 3 heterocycles. The van der Waals surface area contributed by atoms with E-state index in [1.165, 1.54) is 0 Å². The van der Waals surface area contributed by atoms with Crippen molar-refractivity contribution in [1.82, 2.24) is 30.1 Å². The number of rotatable bonds is 6. The molecule has 29 heavy (non-hydrogen) atoms. The Kier molecular flexibility index (Phi) is 5.28. The zero-order valence-corrected chi connectivity index (χ0v) is 16.6. The smallest absolute Gasteiger partial charge is 0.228 e. The molecule has 0 bridgehead atoms. The lowest BCUT2D eigenvalue weighted by Gasteiger charge is -2.16. The van der Waals surface area contributed by atoms with Crippen LogP contribution in [0.15, 0.2) is 28.9 Å². The number of amides is 2. The van der Waals surface area contributed by atoms with E-state index in [1.807, 2.05) is 31.3 Å². The summed E-state index contributed by atoms with van der Waals surface area (Å²) >= 11 is 0. The minimum atomic E-state index is -0.184. The van der Waals surface area contributed by atoms with Gasteiger partial charge in [0.15, 0.2) is 0 Å². The first-order valence-corrected chi connectivity index (χ1v) is 9.77. The fourth-order valence-corrected chi connectivity index (χ4v) is 3.73. The molecule has 0 spiro atoms. The highest BCUT2D eigenvalue weighted by Crippen LogP contribution is 2.18. The third kappa shape index (κ3) is 3.98. The predicted molar refractivity (Wildman–Crippen MR) is 105 cm³/mol. The maximum Gasteiger partial charge on any atom is 0.228 e. The Morgan fingerprint density at radius 1 is 1.28 bits per heavy atom. The van der Waals surface area contributed by atoms with Gasteiger partial charge in [-0.25, -0.2) is 9.61 Å². The van der Waals surface area contributed by atoms with Crippen LogP contribution < -0.4 is 5.32 Å². The van der Waals surface area contributed by atoms with Crippen molar-refractivity contribution in [3.05, 3.63) is 41.5 Å². The summed E-state index contributed by atoms with van der Waals surface area (Å²) in [7, 11) is 1.99. The van der Waals surface area contributed by atoms with Gasteiger partial charge in [-0.05, 0) is 25.5 Å². The van der Waals surface area contributed by atoms with Crippen molar-refractivity contribution >= 4 is 22.8 Å². The molecule has 2 aromatic heterocycles. The quantitative estimate of drug-likeness (QED) is 0.667. The number of likely N-dealkylation sites (tertiary alicyclic amines) is 1. The maximum absolute atomic E-state index is 12.5. The highest BCUT2D eigenvalue weighted by atomic mass is 16.6. The van der Waals surface area contributed by atoms with E-state index in [4.69, 9.17) is 0 Å². The number of para-hydroxylation sites is 2. The van der Waals surface area contributed by atoms with E-state index < -0.39 is 0 Å². The third-order valence-electron chi connectivity index (χ3n) is 5.50. The van der Waals surface area contributed by atoms with Gasteiger partial charge in [0, 0.05) is 33.1 Å². The predicted octanol–water partition coefficient (Wildman–Crippen LogP) is 1.01. The van der Waals surface area contributed by atoms with Crippen molar-refractivity contribution in [2.75, 3.05) is 19.6 Å². The van der Waals surface area contributed by atoms with Crippen LogP contribution in [0.2, 0.25) is 0 Å². The van der Waals surface area contributed by atoms with Crippen LogP contribution in [0.5, 0.6) is 0 Å². The molecule has 0 aliphatic carbocycles. The van der Waals surface area contributed by atoms with Gasteiger partial charge in [-0.1, -0.05) is 22.4 Å². The lowest BCUT2D eigenvalue weighted by Crippen LogP contribution is -2.36. The molecule has 1 aliphatic heterocycles. The van der Waals surface area contributed by atoms with Crippen molar-refractivity contribution < 1.29 is 14.2 Å². The Hall–Kier alpha value is -3.23. The van der Waals surface area contributed by atoms with Gasteiger partial charge in [0.05, 0.1) is 23.4 Å². The number of benzene rings is 1. The monoisotopic (exact) mass is 396 g/mol. The third-order valence-corrected chi connectivity index (χ3v) is 5.50. The van der Waals surface area contributed by atoms with E-state index in [-0.39, 0.29) is 24.2 Å². The molecule has 3 aromatic rings. The second-order valence-corrected chi connectivity index (χ2v) is 7.42. The lowest BCUT2D eigenvalue weighted by atomic mass is 10.1. The van der Waals surface area contributed by atoms with Crippen LogP contribution >= 0.6 is 0 Å². The van der Waals surface area contributed by atoms with Crippen LogP contribution in [0.3, 0.4) is 0 Å². The van der Waals surface area contributed by atoms with Gasteiger partial charge in [0.25, 0.3) is 0 Å². The molecule has 9 heteroatoms. The molecule has 1 aromatic carbocycles. The molecular weight excluding hydrogens is 372 g/mol. The van der Waals surface area contributed by atoms with Crippen LogP contribution in [0, 0.1) is 12.8 Å². The molecule has 2 amide bonds. The molecular formula is C20H24N6O3. The molecule has 152 valence electrons. The highest BCUT2D eigenvalue weighted by Gasteiger charge is 2.31. The molecule has 0 radical (unpaired) electrons. The number of aromatic nitrogens is 4. The fraction of sp³-hybridized carbons (Fsp3) is 0.450. The van der Waals surface area contributed by atoms with E-state index in [0.717, 1.165) is 16.9 Å². The summed E-state index contributed by atoms with van der Waals surface area (Å²) in [4.78, 5) is 31.3. The minimum Gasteiger partial charge on any atom is -0.355 e. The average Bonchev–Trinajstić information content (AvgIpc) is 3.43. The summed E-state index contributed by atoms with van der Waals surface area (Å²) in [5.74, 6) is 0.680. The summed E-state index contributed by atoms with van der Waals surface area (Å²) in [6.45, 7) is 3.28. The summed E-state index contributed by atoms with van der Waals surface area (Å²) in [5, 5.41) is 10.4. The average molecular weight is 396 g/mol. The molecule has 1 aliphatic rings. The van der Waals surface area contributed by atoms with Gasteiger partial charge in [-0.2, -0.15) is 0 Å². The number of fused-ring (bicyclic) bond motifs is 1. The van der Waals surface area contributed by atoms with E-state index in [0.29, 0.717) is 43.9 Å². The number of hydrogen-bond donors (Lipinski definition) is 1. The van der Waals surface area contributed by atoms with Gasteiger partial charge in [-0.15, -0.1) is 0 Å². The van der Waals surface area contributed by atoms with Crippen LogP contribution in [0.25, 0.3) is 11.0 Å². The van der Waals surface area contributed by atoms with Crippen molar-refractivity contribution in [3.8, 4) is 0 Å². The number of nitrogens with zero attached hydrogens (tertiary/aromatic N) is 5. The largest absolute Gasteiger partial charge is 0.355 e. The van der Waals surface area contributed by atoms with Gasteiger partial charge in [0.2, 0.25) is 11.8 Å². The summed E-state index contributed by atoms with van der Waals surface area (Å²) in [6, 6.07) is 7.97. The molecule has 9 nitrogen and oxygen atoms in total. The fourth-order valence-electron chi connectivity index (χ4n) is 3.73. The Balaban J connectivity index is 1.26. The Labute approximate surface area is 168 Å². The van der Waals surface area contributed by atoms with Crippen LogP contribution in [-0.2, 0) is 29.5 Å². The Morgan fingerprint density at radius 3 is 2.86 bits per heavy atom. The molecule has 0 saturated carbocycles. The van der Waals surface area contributed by atoms with Crippen molar-refractivity contribution in [1.29, 1.82) is 0 Å². The summed E-state index contributed by atoms with van der Waals surface area (Å²) in [5.41, 5.74) is 3.20. The zero-order valence-electron chi connectivity index (χ0n) is 16.6. The van der Waals surface area contributed by atoms with Crippen LogP contribution in [0.4, 0.5) is 0 Å². The van der Waals surface area contributed by atoms with Gasteiger partial charge >= 0.3 is 0 Å². The minimum absolute atomic E-state index is 0.0154. The van der Waals surface area contributed by atoms with Gasteiger partial charge in [-0.3, -0.25) is 9.59 Å². The highest BCUT2D eigenvalue weighted by molar-refractivity contribution is 5.83. The van der Waals surface area contributed by atoms with Crippen LogP contribution in [-0.4, -0.2) is 56.2 Å². The van der Waals surface area contributed by atoms with Crippen molar-refractivity contribution in [3.63, 3.8) is 0 Å². The van der Waals surface area contributed by atoms with E-state index in [2.05, 4.69) is 29.8 Å². The first-order chi connectivity index (χ1) is 14.0. The first-order valence-electron chi connectivity index (χ1n) is 9.77. The number of hydrogen-bond acceptors (Lipinski definition) is 6. The molecule has 4 rings (SSSR count).